The minimum Gasteiger partial charge on any atom is -0.394 e. The van der Waals surface area contributed by atoms with Crippen LogP contribution in [0.5, 0.6) is 0 Å². The van der Waals surface area contributed by atoms with Crippen molar-refractivity contribution in [3.05, 3.63) is 29.3 Å². The zero-order valence-corrected chi connectivity index (χ0v) is 21.0. The molecule has 1 aromatic carbocycles. The van der Waals surface area contributed by atoms with Crippen molar-refractivity contribution in [1.82, 2.24) is 10.2 Å². The average Bonchev–Trinajstić information content (AvgIpc) is 3.36. The SMILES string of the molecule is CC[C@H](C)[C@H](CO)N1C(=O)[C@@H]2[C@@H](C(=O)NC)[C@@]3(C)CCC2(S3)C1C(=O)Nc1ccccc1Cl. The fraction of sp³-hybridized carbons (Fsp3) is 0.625. The topological polar surface area (TPSA) is 98.7 Å². The van der Waals surface area contributed by atoms with Gasteiger partial charge in [0.25, 0.3) is 0 Å². The molecule has 7 atom stereocenters. The Balaban J connectivity index is 1.81. The molecule has 7 nitrogen and oxygen atoms in total. The molecule has 3 amide bonds. The minimum absolute atomic E-state index is 0.0129. The highest BCUT2D eigenvalue weighted by Gasteiger charge is 2.77. The normalized spacial score (nSPS) is 34.2. The van der Waals surface area contributed by atoms with E-state index >= 15 is 0 Å². The Labute approximate surface area is 204 Å². The Morgan fingerprint density at radius 2 is 2.00 bits per heavy atom. The second kappa shape index (κ2) is 8.78. The zero-order valence-electron chi connectivity index (χ0n) is 19.4. The van der Waals surface area contributed by atoms with E-state index in [1.807, 2.05) is 20.8 Å². The van der Waals surface area contributed by atoms with Gasteiger partial charge in [0.2, 0.25) is 17.7 Å². The second-order valence-electron chi connectivity index (χ2n) is 9.69. The number of amides is 3. The number of hydrogen-bond donors (Lipinski definition) is 3. The molecule has 3 N–H and O–H groups in total. The molecule has 4 rings (SSSR count). The van der Waals surface area contributed by atoms with Gasteiger partial charge >= 0.3 is 0 Å². The summed E-state index contributed by atoms with van der Waals surface area (Å²) in [5.74, 6) is -1.85. The van der Waals surface area contributed by atoms with Crippen LogP contribution in [0.2, 0.25) is 5.02 Å². The maximum atomic E-state index is 14.0. The number of likely N-dealkylation sites (tertiary alicyclic amines) is 1. The fourth-order valence-electron chi connectivity index (χ4n) is 6.15. The summed E-state index contributed by atoms with van der Waals surface area (Å²) in [7, 11) is 1.59. The summed E-state index contributed by atoms with van der Waals surface area (Å²) < 4.78 is -1.14. The zero-order chi connectivity index (χ0) is 24.1. The van der Waals surface area contributed by atoms with E-state index in [4.69, 9.17) is 11.6 Å². The average molecular weight is 494 g/mol. The van der Waals surface area contributed by atoms with Crippen molar-refractivity contribution in [3.8, 4) is 0 Å². The number of fused-ring (bicyclic) bond motifs is 1. The molecule has 1 spiro atoms. The summed E-state index contributed by atoms with van der Waals surface area (Å²) >= 11 is 7.91. The Morgan fingerprint density at radius 1 is 1.30 bits per heavy atom. The highest BCUT2D eigenvalue weighted by molar-refractivity contribution is 8.02. The van der Waals surface area contributed by atoms with E-state index in [9.17, 15) is 19.5 Å². The summed E-state index contributed by atoms with van der Waals surface area (Å²) in [4.78, 5) is 42.5. The molecule has 0 saturated carbocycles. The highest BCUT2D eigenvalue weighted by Crippen LogP contribution is 2.71. The number of para-hydroxylation sites is 1. The minimum atomic E-state index is -0.807. The molecular weight excluding hydrogens is 462 g/mol. The van der Waals surface area contributed by atoms with Gasteiger partial charge in [-0.3, -0.25) is 14.4 Å². The molecule has 0 aromatic heterocycles. The van der Waals surface area contributed by atoms with E-state index in [-0.39, 0.29) is 30.2 Å². The van der Waals surface area contributed by atoms with Gasteiger partial charge in [0.15, 0.2) is 0 Å². The van der Waals surface area contributed by atoms with Gasteiger partial charge in [0.05, 0.1) is 39.9 Å². The van der Waals surface area contributed by atoms with Crippen LogP contribution in [-0.4, -0.2) is 63.0 Å². The first kappa shape index (κ1) is 24.4. The lowest BCUT2D eigenvalue weighted by molar-refractivity contribution is -0.143. The van der Waals surface area contributed by atoms with E-state index in [0.29, 0.717) is 17.1 Å². The molecule has 3 aliphatic heterocycles. The monoisotopic (exact) mass is 493 g/mol. The Morgan fingerprint density at radius 3 is 2.61 bits per heavy atom. The van der Waals surface area contributed by atoms with Gasteiger partial charge in [0, 0.05) is 11.8 Å². The van der Waals surface area contributed by atoms with Crippen molar-refractivity contribution in [2.24, 2.45) is 17.8 Å². The van der Waals surface area contributed by atoms with Crippen molar-refractivity contribution >= 4 is 46.8 Å². The largest absolute Gasteiger partial charge is 0.394 e. The van der Waals surface area contributed by atoms with E-state index < -0.39 is 33.4 Å². The summed E-state index contributed by atoms with van der Waals surface area (Å²) in [6.45, 7) is 5.76. The third kappa shape index (κ3) is 3.56. The van der Waals surface area contributed by atoms with Gasteiger partial charge in [0.1, 0.15) is 6.04 Å². The fourth-order valence-corrected chi connectivity index (χ4v) is 8.68. The molecule has 2 unspecified atom stereocenters. The summed E-state index contributed by atoms with van der Waals surface area (Å²) in [5, 5.41) is 16.4. The second-order valence-corrected chi connectivity index (χ2v) is 12.0. The van der Waals surface area contributed by atoms with Crippen molar-refractivity contribution in [2.75, 3.05) is 19.0 Å². The lowest BCUT2D eigenvalue weighted by Crippen LogP contribution is -2.56. The highest BCUT2D eigenvalue weighted by atomic mass is 35.5. The number of rotatable bonds is 7. The maximum Gasteiger partial charge on any atom is 0.248 e. The van der Waals surface area contributed by atoms with Crippen LogP contribution >= 0.6 is 23.4 Å². The molecule has 33 heavy (non-hydrogen) atoms. The van der Waals surface area contributed by atoms with Gasteiger partial charge < -0.3 is 20.6 Å². The number of aliphatic hydroxyl groups excluding tert-OH is 1. The summed E-state index contributed by atoms with van der Waals surface area (Å²) in [6.07, 6.45) is 2.15. The molecule has 2 bridgehead atoms. The number of hydrogen-bond acceptors (Lipinski definition) is 5. The van der Waals surface area contributed by atoms with Gasteiger partial charge in [-0.05, 0) is 37.8 Å². The molecule has 3 heterocycles. The Kier molecular flexibility index (Phi) is 6.48. The van der Waals surface area contributed by atoms with Crippen LogP contribution in [0.1, 0.15) is 40.0 Å². The van der Waals surface area contributed by atoms with Crippen LogP contribution in [0.25, 0.3) is 0 Å². The molecular formula is C24H32ClN3O4S. The third-order valence-corrected chi connectivity index (χ3v) is 10.3. The quantitative estimate of drug-likeness (QED) is 0.542. The third-order valence-electron chi connectivity index (χ3n) is 7.97. The first-order chi connectivity index (χ1) is 15.6. The molecule has 9 heteroatoms. The summed E-state index contributed by atoms with van der Waals surface area (Å²) in [5.41, 5.74) is 0.479. The standard InChI is InChI=1S/C24H32ClN3O4S/c1-5-13(2)16(12-29)28-19(21(31)27-15-9-7-6-8-14(15)25)24-11-10-23(3,33-24)17(20(30)26-4)18(24)22(28)32/h6-9,13,16-19,29H,5,10-12H2,1-4H3,(H,26,30)(H,27,31)/t13-,16-,17-,18-,19?,23+,24?/m0/s1. The van der Waals surface area contributed by atoms with Crippen LogP contribution in [0, 0.1) is 17.8 Å². The van der Waals surface area contributed by atoms with E-state index in [2.05, 4.69) is 10.6 Å². The van der Waals surface area contributed by atoms with Crippen LogP contribution in [-0.2, 0) is 14.4 Å². The van der Waals surface area contributed by atoms with Crippen molar-refractivity contribution < 1.29 is 19.5 Å². The first-order valence-electron chi connectivity index (χ1n) is 11.5. The maximum absolute atomic E-state index is 14.0. The predicted molar refractivity (Wildman–Crippen MR) is 130 cm³/mol. The lowest BCUT2D eigenvalue weighted by Gasteiger charge is -2.39. The van der Waals surface area contributed by atoms with E-state index in [0.717, 1.165) is 12.8 Å². The molecule has 180 valence electrons. The Hall–Kier alpha value is -1.77. The van der Waals surface area contributed by atoms with E-state index in [1.165, 1.54) is 0 Å². The first-order valence-corrected chi connectivity index (χ1v) is 12.7. The number of carbonyl (C=O) groups is 3. The number of anilines is 1. The number of halogens is 1. The number of benzene rings is 1. The molecule has 0 aliphatic carbocycles. The number of nitrogens with zero attached hydrogens (tertiary/aromatic N) is 1. The smallest absolute Gasteiger partial charge is 0.248 e. The number of thioether (sulfide) groups is 1. The van der Waals surface area contributed by atoms with Crippen molar-refractivity contribution in [3.63, 3.8) is 0 Å². The molecule has 3 fully saturated rings. The van der Waals surface area contributed by atoms with Crippen LogP contribution in [0.15, 0.2) is 24.3 Å². The van der Waals surface area contributed by atoms with Gasteiger partial charge in [-0.2, -0.15) is 0 Å². The summed E-state index contributed by atoms with van der Waals surface area (Å²) in [6, 6.07) is 5.67. The van der Waals surface area contributed by atoms with Crippen molar-refractivity contribution in [2.45, 2.75) is 61.6 Å². The predicted octanol–water partition coefficient (Wildman–Crippen LogP) is 2.91. The number of carbonyl (C=O) groups excluding carboxylic acids is 3. The van der Waals surface area contributed by atoms with Gasteiger partial charge in [-0.1, -0.05) is 44.0 Å². The Bertz CT molecular complexity index is 977. The number of nitrogens with one attached hydrogen (secondary N) is 2. The molecule has 1 aromatic rings. The van der Waals surface area contributed by atoms with Crippen LogP contribution < -0.4 is 10.6 Å². The van der Waals surface area contributed by atoms with Crippen molar-refractivity contribution in [1.29, 1.82) is 0 Å². The van der Waals surface area contributed by atoms with Gasteiger partial charge in [-0.15, -0.1) is 11.8 Å². The van der Waals surface area contributed by atoms with Crippen LogP contribution in [0.4, 0.5) is 5.69 Å². The van der Waals surface area contributed by atoms with Gasteiger partial charge in [-0.25, -0.2) is 0 Å². The van der Waals surface area contributed by atoms with E-state index in [1.54, 1.807) is 48.0 Å². The molecule has 3 saturated heterocycles. The lowest BCUT2D eigenvalue weighted by atomic mass is 9.66. The molecule has 0 radical (unpaired) electrons. The van der Waals surface area contributed by atoms with Crippen LogP contribution in [0.3, 0.4) is 0 Å². The molecule has 3 aliphatic rings. The number of aliphatic hydroxyl groups is 1.